The van der Waals surface area contributed by atoms with Crippen LogP contribution in [0.15, 0.2) is 48.8 Å². The first-order chi connectivity index (χ1) is 14.5. The van der Waals surface area contributed by atoms with Gasteiger partial charge in [-0.1, -0.05) is 23.8 Å². The molecule has 1 N–H and O–H groups in total. The molecular weight excluding hydrogens is 385 g/mol. The Hall–Kier alpha value is -3.55. The van der Waals surface area contributed by atoms with Gasteiger partial charge in [0.05, 0.1) is 17.6 Å². The van der Waals surface area contributed by atoms with Crippen molar-refractivity contribution in [1.82, 2.24) is 19.8 Å². The predicted octanol–water partition coefficient (Wildman–Crippen LogP) is 2.47. The maximum atomic E-state index is 13.9. The van der Waals surface area contributed by atoms with Crippen molar-refractivity contribution in [3.05, 3.63) is 65.7 Å². The highest BCUT2D eigenvalue weighted by atomic mass is 19.1. The number of benzene rings is 2. The monoisotopic (exact) mass is 407 g/mol. The maximum absolute atomic E-state index is 13.9. The number of carbonyl (C=O) groups is 2. The quantitative estimate of drug-likeness (QED) is 0.719. The van der Waals surface area contributed by atoms with Crippen molar-refractivity contribution in [2.45, 2.75) is 6.92 Å². The van der Waals surface area contributed by atoms with E-state index in [4.69, 9.17) is 0 Å². The number of fused-ring (bicyclic) bond motifs is 1. The Morgan fingerprint density at radius 1 is 1.03 bits per heavy atom. The number of hydrogen-bond acceptors (Lipinski definition) is 5. The third kappa shape index (κ3) is 4.07. The molecule has 2 aromatic carbocycles. The second-order valence-corrected chi connectivity index (χ2v) is 7.25. The Bertz CT molecular complexity index is 1100. The topological polar surface area (TPSA) is 78.4 Å². The van der Waals surface area contributed by atoms with Crippen LogP contribution in [0.5, 0.6) is 0 Å². The van der Waals surface area contributed by atoms with Crippen LogP contribution in [0.3, 0.4) is 0 Å². The molecule has 1 fully saturated rings. The first-order valence-electron chi connectivity index (χ1n) is 9.80. The summed E-state index contributed by atoms with van der Waals surface area (Å²) in [5, 5.41) is 3.97. The second kappa shape index (κ2) is 8.44. The molecule has 0 spiro atoms. The lowest BCUT2D eigenvalue weighted by Crippen LogP contribution is -2.51. The highest BCUT2D eigenvalue weighted by Gasteiger charge is 2.26. The van der Waals surface area contributed by atoms with Gasteiger partial charge in [0.1, 0.15) is 18.0 Å². The minimum atomic E-state index is -0.530. The fraction of sp³-hybridized carbons (Fsp3) is 0.273. The van der Waals surface area contributed by atoms with Gasteiger partial charge in [0.15, 0.2) is 0 Å². The smallest absolute Gasteiger partial charge is 0.256 e. The van der Waals surface area contributed by atoms with Crippen molar-refractivity contribution < 1.29 is 14.0 Å². The third-order valence-corrected chi connectivity index (χ3v) is 5.22. The standard InChI is InChI=1S/C22H22FN5O2/c1-15-6-7-19-17(12-15)21(26-14-25-19)24-13-20(29)27-8-10-28(11-9-27)22(30)16-4-2-3-5-18(16)23/h2-7,12,14H,8-11,13H2,1H3,(H,24,25,26). The lowest BCUT2D eigenvalue weighted by Gasteiger charge is -2.35. The molecule has 2 amide bonds. The van der Waals surface area contributed by atoms with Crippen LogP contribution in [-0.4, -0.2) is 64.3 Å². The minimum Gasteiger partial charge on any atom is -0.360 e. The zero-order valence-electron chi connectivity index (χ0n) is 16.6. The molecule has 0 unspecified atom stereocenters. The van der Waals surface area contributed by atoms with Crippen LogP contribution in [0.1, 0.15) is 15.9 Å². The van der Waals surface area contributed by atoms with Gasteiger partial charge in [0.2, 0.25) is 5.91 Å². The normalized spacial score (nSPS) is 14.1. The van der Waals surface area contributed by atoms with E-state index in [2.05, 4.69) is 15.3 Å². The number of aromatic nitrogens is 2. The number of carbonyl (C=O) groups excluding carboxylic acids is 2. The van der Waals surface area contributed by atoms with Crippen LogP contribution in [0.4, 0.5) is 10.2 Å². The Morgan fingerprint density at radius 3 is 2.53 bits per heavy atom. The van der Waals surface area contributed by atoms with Crippen LogP contribution in [0, 0.1) is 12.7 Å². The van der Waals surface area contributed by atoms with Crippen molar-refractivity contribution >= 4 is 28.5 Å². The van der Waals surface area contributed by atoms with Gasteiger partial charge in [-0.15, -0.1) is 0 Å². The van der Waals surface area contributed by atoms with E-state index >= 15 is 0 Å². The van der Waals surface area contributed by atoms with Crippen molar-refractivity contribution in [3.8, 4) is 0 Å². The Kier molecular flexibility index (Phi) is 5.56. The molecule has 1 aliphatic heterocycles. The summed E-state index contributed by atoms with van der Waals surface area (Å²) >= 11 is 0. The van der Waals surface area contributed by atoms with Crippen LogP contribution >= 0.6 is 0 Å². The molecular formula is C22H22FN5O2. The maximum Gasteiger partial charge on any atom is 0.256 e. The molecule has 0 atom stereocenters. The van der Waals surface area contributed by atoms with E-state index in [0.29, 0.717) is 32.0 Å². The lowest BCUT2D eigenvalue weighted by atomic mass is 10.1. The fourth-order valence-corrected chi connectivity index (χ4v) is 3.55. The summed E-state index contributed by atoms with van der Waals surface area (Å²) in [5.74, 6) is -0.337. The molecule has 1 aromatic heterocycles. The average Bonchev–Trinajstić information content (AvgIpc) is 2.77. The van der Waals surface area contributed by atoms with E-state index in [0.717, 1.165) is 16.5 Å². The van der Waals surface area contributed by atoms with Crippen LogP contribution in [-0.2, 0) is 4.79 Å². The van der Waals surface area contributed by atoms with Gasteiger partial charge in [-0.05, 0) is 31.2 Å². The number of nitrogens with zero attached hydrogens (tertiary/aromatic N) is 4. The van der Waals surface area contributed by atoms with E-state index in [-0.39, 0.29) is 23.9 Å². The van der Waals surface area contributed by atoms with Gasteiger partial charge >= 0.3 is 0 Å². The van der Waals surface area contributed by atoms with Crippen molar-refractivity contribution in [1.29, 1.82) is 0 Å². The number of nitrogens with one attached hydrogen (secondary N) is 1. The van der Waals surface area contributed by atoms with Crippen LogP contribution in [0.2, 0.25) is 0 Å². The zero-order chi connectivity index (χ0) is 21.1. The third-order valence-electron chi connectivity index (χ3n) is 5.22. The summed E-state index contributed by atoms with van der Waals surface area (Å²) in [6, 6.07) is 11.8. The number of aryl methyl sites for hydroxylation is 1. The minimum absolute atomic E-state index is 0.0601. The molecule has 4 rings (SSSR count). The van der Waals surface area contributed by atoms with Crippen LogP contribution in [0.25, 0.3) is 10.9 Å². The van der Waals surface area contributed by atoms with Gasteiger partial charge in [0, 0.05) is 31.6 Å². The van der Waals surface area contributed by atoms with Gasteiger partial charge < -0.3 is 15.1 Å². The SMILES string of the molecule is Cc1ccc2ncnc(NCC(=O)N3CCN(C(=O)c4ccccc4F)CC3)c2c1. The largest absolute Gasteiger partial charge is 0.360 e. The van der Waals surface area contributed by atoms with Crippen molar-refractivity contribution in [3.63, 3.8) is 0 Å². The van der Waals surface area contributed by atoms with E-state index in [1.54, 1.807) is 21.9 Å². The first-order valence-corrected chi connectivity index (χ1v) is 9.80. The average molecular weight is 407 g/mol. The molecule has 1 aliphatic rings. The Morgan fingerprint density at radius 2 is 1.77 bits per heavy atom. The van der Waals surface area contributed by atoms with Gasteiger partial charge in [-0.3, -0.25) is 9.59 Å². The number of anilines is 1. The highest BCUT2D eigenvalue weighted by molar-refractivity contribution is 5.95. The van der Waals surface area contributed by atoms with Crippen molar-refractivity contribution in [2.75, 3.05) is 38.0 Å². The molecule has 8 heteroatoms. The molecule has 0 bridgehead atoms. The molecule has 0 aliphatic carbocycles. The molecule has 3 aromatic rings. The number of rotatable bonds is 4. The van der Waals surface area contributed by atoms with Gasteiger partial charge in [0.25, 0.3) is 5.91 Å². The summed E-state index contributed by atoms with van der Waals surface area (Å²) in [5.41, 5.74) is 1.96. The van der Waals surface area contributed by atoms with Gasteiger partial charge in [-0.25, -0.2) is 14.4 Å². The molecule has 154 valence electrons. The number of halogens is 1. The molecule has 7 nitrogen and oxygen atoms in total. The fourth-order valence-electron chi connectivity index (χ4n) is 3.55. The molecule has 2 heterocycles. The molecule has 0 saturated carbocycles. The zero-order valence-corrected chi connectivity index (χ0v) is 16.6. The second-order valence-electron chi connectivity index (χ2n) is 7.25. The highest BCUT2D eigenvalue weighted by Crippen LogP contribution is 2.20. The van der Waals surface area contributed by atoms with E-state index in [9.17, 15) is 14.0 Å². The van der Waals surface area contributed by atoms with Gasteiger partial charge in [-0.2, -0.15) is 0 Å². The Balaban J connectivity index is 1.35. The number of piperazine rings is 1. The summed E-state index contributed by atoms with van der Waals surface area (Å²) in [7, 11) is 0. The molecule has 1 saturated heterocycles. The summed E-state index contributed by atoms with van der Waals surface area (Å²) in [6.45, 7) is 3.64. The predicted molar refractivity (Wildman–Crippen MR) is 112 cm³/mol. The summed E-state index contributed by atoms with van der Waals surface area (Å²) < 4.78 is 13.9. The lowest BCUT2D eigenvalue weighted by molar-refractivity contribution is -0.130. The molecule has 30 heavy (non-hydrogen) atoms. The number of hydrogen-bond donors (Lipinski definition) is 1. The van der Waals surface area contributed by atoms with Crippen molar-refractivity contribution in [2.24, 2.45) is 0 Å². The molecule has 0 radical (unpaired) electrons. The Labute approximate surface area is 173 Å². The van der Waals surface area contributed by atoms with E-state index < -0.39 is 5.82 Å². The first kappa shape index (κ1) is 19.8. The summed E-state index contributed by atoms with van der Waals surface area (Å²) in [4.78, 5) is 36.9. The summed E-state index contributed by atoms with van der Waals surface area (Å²) in [6.07, 6.45) is 1.47. The van der Waals surface area contributed by atoms with Crippen LogP contribution < -0.4 is 5.32 Å². The number of amides is 2. The van der Waals surface area contributed by atoms with E-state index in [1.807, 2.05) is 25.1 Å². The van der Waals surface area contributed by atoms with E-state index in [1.165, 1.54) is 18.5 Å².